The summed E-state index contributed by atoms with van der Waals surface area (Å²) in [5.41, 5.74) is 3.67. The van der Waals surface area contributed by atoms with Crippen LogP contribution >= 0.6 is 0 Å². The summed E-state index contributed by atoms with van der Waals surface area (Å²) in [5, 5.41) is 10.3. The Morgan fingerprint density at radius 2 is 1.90 bits per heavy atom. The normalized spacial score (nSPS) is 10.8. The quantitative estimate of drug-likeness (QED) is 0.784. The number of nitrogens with zero attached hydrogens (tertiary/aromatic N) is 1. The van der Waals surface area contributed by atoms with Gasteiger partial charge in [-0.15, -0.1) is 0 Å². The summed E-state index contributed by atoms with van der Waals surface area (Å²) in [4.78, 5) is 11.0. The van der Waals surface area contributed by atoms with Gasteiger partial charge in [-0.1, -0.05) is 30.3 Å². The summed E-state index contributed by atoms with van der Waals surface area (Å²) >= 11 is 0. The Hall–Kier alpha value is -2.55. The molecule has 0 atom stereocenters. The third-order valence-corrected chi connectivity index (χ3v) is 3.53. The molecule has 0 aliphatic rings. The van der Waals surface area contributed by atoms with Crippen molar-refractivity contribution in [1.29, 1.82) is 0 Å². The second kappa shape index (κ2) is 4.85. The van der Waals surface area contributed by atoms with Gasteiger partial charge in [0.2, 0.25) is 0 Å². The molecule has 1 N–H and O–H groups in total. The zero-order valence-corrected chi connectivity index (χ0v) is 11.2. The van der Waals surface area contributed by atoms with E-state index >= 15 is 0 Å². The number of hydrogen-bond acceptors (Lipinski definition) is 1. The fourth-order valence-electron chi connectivity index (χ4n) is 2.54. The minimum Gasteiger partial charge on any atom is -0.478 e. The third-order valence-electron chi connectivity index (χ3n) is 3.53. The maximum absolute atomic E-state index is 11.0. The lowest BCUT2D eigenvalue weighted by molar-refractivity contribution is 0.0696. The van der Waals surface area contributed by atoms with Crippen LogP contribution in [0.15, 0.2) is 54.6 Å². The van der Waals surface area contributed by atoms with Crippen LogP contribution in [-0.4, -0.2) is 15.6 Å². The Kier molecular flexibility index (Phi) is 3.03. The van der Waals surface area contributed by atoms with Crippen molar-refractivity contribution in [1.82, 2.24) is 4.57 Å². The molecule has 2 aromatic carbocycles. The second-order valence-electron chi connectivity index (χ2n) is 4.94. The summed E-state index contributed by atoms with van der Waals surface area (Å²) in [7, 11) is 0. The number of para-hydroxylation sites is 1. The molecule has 0 aliphatic carbocycles. The van der Waals surface area contributed by atoms with E-state index in [1.54, 1.807) is 18.2 Å². The first-order valence-electron chi connectivity index (χ1n) is 6.52. The number of aryl methyl sites for hydroxylation is 1. The molecule has 3 nitrogen and oxygen atoms in total. The molecule has 20 heavy (non-hydrogen) atoms. The lowest BCUT2D eigenvalue weighted by atomic mass is 10.1. The van der Waals surface area contributed by atoms with E-state index in [1.165, 1.54) is 16.6 Å². The van der Waals surface area contributed by atoms with Crippen molar-refractivity contribution >= 4 is 16.9 Å². The first kappa shape index (κ1) is 12.5. The molecule has 0 saturated heterocycles. The fourth-order valence-corrected chi connectivity index (χ4v) is 2.54. The first-order valence-corrected chi connectivity index (χ1v) is 6.52. The predicted octanol–water partition coefficient (Wildman–Crippen LogP) is 3.70. The van der Waals surface area contributed by atoms with E-state index in [-0.39, 0.29) is 0 Å². The van der Waals surface area contributed by atoms with Crippen molar-refractivity contribution in [2.45, 2.75) is 13.5 Å². The van der Waals surface area contributed by atoms with Gasteiger partial charge in [-0.05, 0) is 42.1 Å². The standard InChI is InChI=1S/C17H15NO2/c1-12-9-14-6-2-3-8-16(14)18(12)11-13-5-4-7-15(10-13)17(19)20/h2-10H,11H2,1H3,(H,19,20). The Labute approximate surface area is 117 Å². The summed E-state index contributed by atoms with van der Waals surface area (Å²) in [5.74, 6) is -0.888. The molecule has 0 bridgehead atoms. The van der Waals surface area contributed by atoms with Gasteiger partial charge in [0, 0.05) is 17.8 Å². The number of carboxylic acid groups (broad SMARTS) is 1. The largest absolute Gasteiger partial charge is 0.478 e. The summed E-state index contributed by atoms with van der Waals surface area (Å²) in [6, 6.07) is 17.5. The molecule has 0 radical (unpaired) electrons. The maximum Gasteiger partial charge on any atom is 0.335 e. The molecule has 3 rings (SSSR count). The Morgan fingerprint density at radius 1 is 1.10 bits per heavy atom. The highest BCUT2D eigenvalue weighted by molar-refractivity contribution is 5.87. The number of carboxylic acids is 1. The summed E-state index contributed by atoms with van der Waals surface area (Å²) in [6.45, 7) is 2.75. The van der Waals surface area contributed by atoms with Crippen molar-refractivity contribution < 1.29 is 9.90 Å². The molecular weight excluding hydrogens is 250 g/mol. The van der Waals surface area contributed by atoms with Gasteiger partial charge < -0.3 is 9.67 Å². The smallest absolute Gasteiger partial charge is 0.335 e. The molecule has 3 aromatic rings. The van der Waals surface area contributed by atoms with Crippen molar-refractivity contribution in [3.8, 4) is 0 Å². The number of carbonyl (C=O) groups is 1. The monoisotopic (exact) mass is 265 g/mol. The molecule has 3 heteroatoms. The van der Waals surface area contributed by atoms with E-state index in [0.29, 0.717) is 12.1 Å². The number of rotatable bonds is 3. The third kappa shape index (κ3) is 2.18. The molecule has 1 aromatic heterocycles. The van der Waals surface area contributed by atoms with Gasteiger partial charge in [0.15, 0.2) is 0 Å². The molecule has 0 spiro atoms. The van der Waals surface area contributed by atoms with E-state index in [1.807, 2.05) is 18.2 Å². The Bertz CT molecular complexity index is 787. The lowest BCUT2D eigenvalue weighted by Gasteiger charge is -2.09. The van der Waals surface area contributed by atoms with Gasteiger partial charge in [-0.2, -0.15) is 0 Å². The molecule has 0 saturated carbocycles. The highest BCUT2D eigenvalue weighted by Gasteiger charge is 2.07. The number of hydrogen-bond donors (Lipinski definition) is 1. The molecule has 1 heterocycles. The van der Waals surface area contributed by atoms with Gasteiger partial charge in [-0.3, -0.25) is 0 Å². The van der Waals surface area contributed by atoms with E-state index in [4.69, 9.17) is 5.11 Å². The van der Waals surface area contributed by atoms with Gasteiger partial charge in [0.25, 0.3) is 0 Å². The van der Waals surface area contributed by atoms with Crippen LogP contribution in [0.1, 0.15) is 21.6 Å². The molecule has 0 aliphatic heterocycles. The van der Waals surface area contributed by atoms with Crippen LogP contribution in [0.25, 0.3) is 10.9 Å². The van der Waals surface area contributed by atoms with Crippen LogP contribution in [0.4, 0.5) is 0 Å². The molecule has 0 fully saturated rings. The Morgan fingerprint density at radius 3 is 2.70 bits per heavy atom. The van der Waals surface area contributed by atoms with Crippen molar-refractivity contribution in [2.24, 2.45) is 0 Å². The van der Waals surface area contributed by atoms with Crippen molar-refractivity contribution in [3.63, 3.8) is 0 Å². The first-order chi connectivity index (χ1) is 9.65. The SMILES string of the molecule is Cc1cc2ccccc2n1Cc1cccc(C(=O)O)c1. The van der Waals surface area contributed by atoms with Crippen LogP contribution in [-0.2, 0) is 6.54 Å². The van der Waals surface area contributed by atoms with Crippen LogP contribution in [0, 0.1) is 6.92 Å². The van der Waals surface area contributed by atoms with Crippen LogP contribution in [0.2, 0.25) is 0 Å². The van der Waals surface area contributed by atoms with Gasteiger partial charge in [0.1, 0.15) is 0 Å². The zero-order chi connectivity index (χ0) is 14.1. The number of benzene rings is 2. The minimum absolute atomic E-state index is 0.330. The maximum atomic E-state index is 11.0. The predicted molar refractivity (Wildman–Crippen MR) is 79.2 cm³/mol. The van der Waals surface area contributed by atoms with Gasteiger partial charge in [-0.25, -0.2) is 4.79 Å². The van der Waals surface area contributed by atoms with Crippen molar-refractivity contribution in [3.05, 3.63) is 71.4 Å². The Balaban J connectivity index is 2.03. The molecule has 0 unspecified atom stereocenters. The number of fused-ring (bicyclic) bond motifs is 1. The summed E-state index contributed by atoms with van der Waals surface area (Å²) < 4.78 is 2.20. The van der Waals surface area contributed by atoms with E-state index in [9.17, 15) is 4.79 Å². The zero-order valence-electron chi connectivity index (χ0n) is 11.2. The lowest BCUT2D eigenvalue weighted by Crippen LogP contribution is -2.03. The highest BCUT2D eigenvalue weighted by atomic mass is 16.4. The average molecular weight is 265 g/mol. The van der Waals surface area contributed by atoms with E-state index in [2.05, 4.69) is 29.7 Å². The second-order valence-corrected chi connectivity index (χ2v) is 4.94. The van der Waals surface area contributed by atoms with Gasteiger partial charge >= 0.3 is 5.97 Å². The average Bonchev–Trinajstić information content (AvgIpc) is 2.76. The van der Waals surface area contributed by atoms with Crippen LogP contribution < -0.4 is 0 Å². The minimum atomic E-state index is -0.888. The fraction of sp³-hybridized carbons (Fsp3) is 0.118. The molecule has 100 valence electrons. The number of aromatic carboxylic acids is 1. The van der Waals surface area contributed by atoms with E-state index in [0.717, 1.165) is 5.56 Å². The highest BCUT2D eigenvalue weighted by Crippen LogP contribution is 2.20. The van der Waals surface area contributed by atoms with Crippen LogP contribution in [0.3, 0.4) is 0 Å². The number of aromatic nitrogens is 1. The van der Waals surface area contributed by atoms with E-state index < -0.39 is 5.97 Å². The van der Waals surface area contributed by atoms with Gasteiger partial charge in [0.05, 0.1) is 5.56 Å². The molecule has 0 amide bonds. The van der Waals surface area contributed by atoms with Crippen LogP contribution in [0.5, 0.6) is 0 Å². The topological polar surface area (TPSA) is 42.2 Å². The van der Waals surface area contributed by atoms with Crippen molar-refractivity contribution in [2.75, 3.05) is 0 Å². The summed E-state index contributed by atoms with van der Waals surface area (Å²) in [6.07, 6.45) is 0. The molecular formula is C17H15NO2.